The highest BCUT2D eigenvalue weighted by Crippen LogP contribution is 2.34. The Labute approximate surface area is 132 Å². The molecule has 0 saturated heterocycles. The molecule has 0 aliphatic heterocycles. The summed E-state index contributed by atoms with van der Waals surface area (Å²) in [6.45, 7) is -0.588. The molecule has 0 aliphatic carbocycles. The Balaban J connectivity index is 2.29. The van der Waals surface area contributed by atoms with Crippen LogP contribution in [0.3, 0.4) is 0 Å². The molecule has 0 spiro atoms. The lowest BCUT2D eigenvalue weighted by atomic mass is 10.1. The number of halogens is 6. The van der Waals surface area contributed by atoms with Crippen molar-refractivity contribution in [2.75, 3.05) is 0 Å². The summed E-state index contributed by atoms with van der Waals surface area (Å²) in [6, 6.07) is 6.85. The maximum absolute atomic E-state index is 12.9. The van der Waals surface area contributed by atoms with E-state index < -0.39 is 30.1 Å². The molecule has 2 nitrogen and oxygen atoms in total. The molecule has 0 N–H and O–H groups in total. The maximum Gasteiger partial charge on any atom is 0.416 e. The summed E-state index contributed by atoms with van der Waals surface area (Å²) >= 11 is 0. The number of hydrogen-bond donors (Lipinski definition) is 0. The molecule has 128 valence electrons. The molecular weight excluding hydrogens is 338 g/mol. The van der Waals surface area contributed by atoms with E-state index in [4.69, 9.17) is 4.74 Å². The summed E-state index contributed by atoms with van der Waals surface area (Å²) in [5, 5.41) is 0. The zero-order valence-electron chi connectivity index (χ0n) is 11.9. The molecule has 0 saturated carbocycles. The highest BCUT2D eigenvalue weighted by Gasteiger charge is 2.33. The van der Waals surface area contributed by atoms with Crippen LogP contribution >= 0.6 is 0 Å². The second-order valence-corrected chi connectivity index (χ2v) is 4.85. The minimum Gasteiger partial charge on any atom is -0.489 e. The SMILES string of the molecule is O=Cc1cc(OCc2ccccc2C(F)(F)F)cc(C(F)(F)F)c1. The molecule has 0 bridgehead atoms. The third-order valence-corrected chi connectivity index (χ3v) is 3.11. The van der Waals surface area contributed by atoms with Crippen LogP contribution in [0.1, 0.15) is 27.0 Å². The second kappa shape index (κ2) is 6.54. The average Bonchev–Trinajstić information content (AvgIpc) is 2.51. The zero-order chi connectivity index (χ0) is 18.0. The van der Waals surface area contributed by atoms with Gasteiger partial charge < -0.3 is 4.74 Å². The Morgan fingerprint density at radius 3 is 2.17 bits per heavy atom. The third kappa shape index (κ3) is 4.27. The molecular formula is C16H10F6O2. The van der Waals surface area contributed by atoms with Crippen LogP contribution in [0.5, 0.6) is 5.75 Å². The fourth-order valence-corrected chi connectivity index (χ4v) is 2.02. The van der Waals surface area contributed by atoms with Gasteiger partial charge in [-0.1, -0.05) is 18.2 Å². The van der Waals surface area contributed by atoms with Gasteiger partial charge in [-0.2, -0.15) is 26.3 Å². The molecule has 2 aromatic rings. The van der Waals surface area contributed by atoms with E-state index in [1.165, 1.54) is 12.1 Å². The smallest absolute Gasteiger partial charge is 0.416 e. The van der Waals surface area contributed by atoms with Crippen LogP contribution < -0.4 is 4.74 Å². The third-order valence-electron chi connectivity index (χ3n) is 3.11. The Morgan fingerprint density at radius 1 is 0.917 bits per heavy atom. The van der Waals surface area contributed by atoms with Gasteiger partial charge in [-0.05, 0) is 24.3 Å². The second-order valence-electron chi connectivity index (χ2n) is 4.85. The van der Waals surface area contributed by atoms with Gasteiger partial charge in [0.25, 0.3) is 0 Å². The summed E-state index contributed by atoms with van der Waals surface area (Å²) in [6.07, 6.45) is -9.12. The van der Waals surface area contributed by atoms with Crippen LogP contribution in [0.4, 0.5) is 26.3 Å². The summed E-state index contributed by atoms with van der Waals surface area (Å²) < 4.78 is 81.9. The van der Waals surface area contributed by atoms with E-state index in [1.54, 1.807) is 0 Å². The van der Waals surface area contributed by atoms with E-state index in [-0.39, 0.29) is 23.2 Å². The maximum atomic E-state index is 12.9. The van der Waals surface area contributed by atoms with Gasteiger partial charge >= 0.3 is 12.4 Å². The van der Waals surface area contributed by atoms with Crippen molar-refractivity contribution in [1.29, 1.82) is 0 Å². The van der Waals surface area contributed by atoms with E-state index in [2.05, 4.69) is 0 Å². The first-order valence-electron chi connectivity index (χ1n) is 6.56. The van der Waals surface area contributed by atoms with E-state index in [9.17, 15) is 31.1 Å². The summed E-state index contributed by atoms with van der Waals surface area (Å²) in [5.74, 6) is -0.344. The lowest BCUT2D eigenvalue weighted by Crippen LogP contribution is -2.11. The number of hydrogen-bond acceptors (Lipinski definition) is 2. The number of alkyl halides is 6. The number of aldehydes is 1. The highest BCUT2D eigenvalue weighted by atomic mass is 19.4. The lowest BCUT2D eigenvalue weighted by Gasteiger charge is -2.15. The fraction of sp³-hybridized carbons (Fsp3) is 0.188. The Bertz CT molecular complexity index is 734. The molecule has 0 fully saturated rings. The van der Waals surface area contributed by atoms with Crippen molar-refractivity contribution in [3.8, 4) is 5.75 Å². The van der Waals surface area contributed by atoms with Crippen molar-refractivity contribution in [1.82, 2.24) is 0 Å². The van der Waals surface area contributed by atoms with Gasteiger partial charge in [-0.15, -0.1) is 0 Å². The number of ether oxygens (including phenoxy) is 1. The van der Waals surface area contributed by atoms with Crippen LogP contribution in [-0.4, -0.2) is 6.29 Å². The molecule has 2 rings (SSSR count). The normalized spacial score (nSPS) is 12.1. The summed E-state index contributed by atoms with van der Waals surface area (Å²) in [4.78, 5) is 10.7. The first kappa shape index (κ1) is 17.8. The molecule has 0 amide bonds. The number of carbonyl (C=O) groups is 1. The van der Waals surface area contributed by atoms with E-state index in [1.807, 2.05) is 0 Å². The van der Waals surface area contributed by atoms with Gasteiger partial charge in [0, 0.05) is 11.1 Å². The minimum absolute atomic E-state index is 0.200. The molecule has 8 heteroatoms. The van der Waals surface area contributed by atoms with Crippen LogP contribution in [0, 0.1) is 0 Å². The van der Waals surface area contributed by atoms with Crippen molar-refractivity contribution in [2.24, 2.45) is 0 Å². The van der Waals surface area contributed by atoms with Crippen molar-refractivity contribution in [3.05, 3.63) is 64.7 Å². The quantitative estimate of drug-likeness (QED) is 0.567. The van der Waals surface area contributed by atoms with Gasteiger partial charge in [0.05, 0.1) is 11.1 Å². The standard InChI is InChI=1S/C16H10F6O2/c17-15(18,19)12-5-10(8-23)6-13(7-12)24-9-11-3-1-2-4-14(11)16(20,21)22/h1-8H,9H2. The Hall–Kier alpha value is -2.51. The van der Waals surface area contributed by atoms with Gasteiger partial charge in [0.15, 0.2) is 0 Å². The first-order chi connectivity index (χ1) is 11.1. The average molecular weight is 348 g/mol. The molecule has 0 atom stereocenters. The molecule has 0 unspecified atom stereocenters. The summed E-state index contributed by atoms with van der Waals surface area (Å²) in [5.41, 5.74) is -2.57. The highest BCUT2D eigenvalue weighted by molar-refractivity contribution is 5.76. The van der Waals surface area contributed by atoms with Crippen LogP contribution in [-0.2, 0) is 19.0 Å². The molecule has 0 aliphatic rings. The topological polar surface area (TPSA) is 26.3 Å². The van der Waals surface area contributed by atoms with Crippen molar-refractivity contribution in [2.45, 2.75) is 19.0 Å². The number of carbonyl (C=O) groups excluding carboxylic acids is 1. The van der Waals surface area contributed by atoms with Gasteiger partial charge in [-0.3, -0.25) is 4.79 Å². The molecule has 0 radical (unpaired) electrons. The number of benzene rings is 2. The Morgan fingerprint density at radius 2 is 1.58 bits per heavy atom. The fourth-order valence-electron chi connectivity index (χ4n) is 2.02. The number of rotatable bonds is 4. The van der Waals surface area contributed by atoms with Crippen molar-refractivity contribution < 1.29 is 35.9 Å². The summed E-state index contributed by atoms with van der Waals surface area (Å²) in [7, 11) is 0. The molecule has 24 heavy (non-hydrogen) atoms. The minimum atomic E-state index is -4.71. The lowest BCUT2D eigenvalue weighted by molar-refractivity contribution is -0.138. The predicted octanol–water partition coefficient (Wildman–Crippen LogP) is 5.12. The van der Waals surface area contributed by atoms with E-state index in [0.717, 1.165) is 18.2 Å². The first-order valence-corrected chi connectivity index (χ1v) is 6.56. The van der Waals surface area contributed by atoms with Crippen LogP contribution in [0.25, 0.3) is 0 Å². The molecule has 0 heterocycles. The zero-order valence-corrected chi connectivity index (χ0v) is 11.9. The van der Waals surface area contributed by atoms with Crippen LogP contribution in [0.2, 0.25) is 0 Å². The van der Waals surface area contributed by atoms with Gasteiger partial charge in [0.2, 0.25) is 0 Å². The van der Waals surface area contributed by atoms with Gasteiger partial charge in [0.1, 0.15) is 18.6 Å². The largest absolute Gasteiger partial charge is 0.489 e. The Kier molecular flexibility index (Phi) is 4.86. The molecule has 0 aromatic heterocycles. The van der Waals surface area contributed by atoms with E-state index >= 15 is 0 Å². The van der Waals surface area contributed by atoms with Crippen molar-refractivity contribution in [3.63, 3.8) is 0 Å². The van der Waals surface area contributed by atoms with Crippen LogP contribution in [0.15, 0.2) is 42.5 Å². The molecule has 2 aromatic carbocycles. The van der Waals surface area contributed by atoms with E-state index in [0.29, 0.717) is 12.1 Å². The van der Waals surface area contributed by atoms with Gasteiger partial charge in [-0.25, -0.2) is 0 Å². The predicted molar refractivity (Wildman–Crippen MR) is 72.6 cm³/mol. The van der Waals surface area contributed by atoms with Crippen molar-refractivity contribution >= 4 is 6.29 Å². The monoisotopic (exact) mass is 348 g/mol.